The zero-order valence-corrected chi connectivity index (χ0v) is 23.7. The maximum Gasteiger partial charge on any atom is 0.407 e. The summed E-state index contributed by atoms with van der Waals surface area (Å²) in [6.45, 7) is 1.45. The van der Waals surface area contributed by atoms with Crippen molar-refractivity contribution in [2.24, 2.45) is 0 Å². The molecule has 3 atom stereocenters. The second-order valence-electron chi connectivity index (χ2n) is 9.03. The van der Waals surface area contributed by atoms with Gasteiger partial charge in [0.25, 0.3) is 0 Å². The fraction of sp³-hybridized carbons (Fsp3) is 0.393. The van der Waals surface area contributed by atoms with Crippen LogP contribution in [0.5, 0.6) is 0 Å². The minimum atomic E-state index is -1.00. The molecule has 0 aliphatic carbocycles. The first-order valence-electron chi connectivity index (χ1n) is 12.9. The van der Waals surface area contributed by atoms with Crippen molar-refractivity contribution in [3.8, 4) is 0 Å². The molecule has 3 N–H and O–H groups in total. The van der Waals surface area contributed by atoms with Gasteiger partial charge in [0.1, 0.15) is 31.8 Å². The third-order valence-corrected chi connectivity index (χ3v) is 7.07. The lowest BCUT2D eigenvalue weighted by Crippen LogP contribution is -2.56. The van der Waals surface area contributed by atoms with Crippen LogP contribution in [0.3, 0.4) is 0 Å². The van der Waals surface area contributed by atoms with Crippen molar-refractivity contribution in [1.82, 2.24) is 20.9 Å². The number of nitrogens with zero attached hydrogens (tertiary/aromatic N) is 1. The van der Waals surface area contributed by atoms with Crippen LogP contribution < -0.4 is 16.0 Å². The van der Waals surface area contributed by atoms with Crippen LogP contribution in [-0.2, 0) is 41.7 Å². The number of rotatable bonds is 12. The molecule has 2 aromatic rings. The highest BCUT2D eigenvalue weighted by atomic mass is 79.9. The molecule has 0 spiro atoms. The number of alkyl carbamates (subject to hydrolysis) is 1. The first-order valence-corrected chi connectivity index (χ1v) is 13.9. The lowest BCUT2D eigenvalue weighted by atomic mass is 10.0. The molecule has 0 bridgehead atoms. The van der Waals surface area contributed by atoms with Gasteiger partial charge in [-0.05, 0) is 24.5 Å². The summed E-state index contributed by atoms with van der Waals surface area (Å²) < 4.78 is 9.98. The fourth-order valence-corrected chi connectivity index (χ4v) is 4.94. The molecule has 0 saturated carbocycles. The number of benzene rings is 2. The molecule has 40 heavy (non-hydrogen) atoms. The van der Waals surface area contributed by atoms with Gasteiger partial charge in [-0.2, -0.15) is 0 Å². The number of hydrogen-bond donors (Lipinski definition) is 3. The molecule has 1 aliphatic heterocycles. The Hall–Kier alpha value is -3.93. The monoisotopic (exact) mass is 616 g/mol. The molecule has 1 fully saturated rings. The van der Waals surface area contributed by atoms with Crippen molar-refractivity contribution in [3.63, 3.8) is 0 Å². The van der Waals surface area contributed by atoms with E-state index in [1.807, 2.05) is 48.5 Å². The predicted octanol–water partition coefficient (Wildman–Crippen LogP) is 1.68. The van der Waals surface area contributed by atoms with E-state index in [0.29, 0.717) is 6.42 Å². The van der Waals surface area contributed by atoms with E-state index in [1.165, 1.54) is 4.90 Å². The highest BCUT2D eigenvalue weighted by molar-refractivity contribution is 9.09. The van der Waals surface area contributed by atoms with Gasteiger partial charge in [-0.3, -0.25) is 19.2 Å². The van der Waals surface area contributed by atoms with Crippen LogP contribution in [0.1, 0.15) is 24.5 Å². The summed E-state index contributed by atoms with van der Waals surface area (Å²) in [4.78, 5) is 64.2. The van der Waals surface area contributed by atoms with Gasteiger partial charge in [0.2, 0.25) is 17.7 Å². The average molecular weight is 617 g/mol. The van der Waals surface area contributed by atoms with Crippen LogP contribution in [0.15, 0.2) is 60.7 Å². The normalized spacial score (nSPS) is 16.9. The molecule has 11 nitrogen and oxygen atoms in total. The Balaban J connectivity index is 1.63. The number of hydrogen-bond acceptors (Lipinski definition) is 7. The molecule has 1 heterocycles. The van der Waals surface area contributed by atoms with Crippen LogP contribution in [0.2, 0.25) is 0 Å². The third kappa shape index (κ3) is 9.37. The van der Waals surface area contributed by atoms with Gasteiger partial charge in [-0.25, -0.2) is 4.79 Å². The fourth-order valence-electron chi connectivity index (χ4n) is 4.21. The number of ether oxygens (including phenoxy) is 2. The van der Waals surface area contributed by atoms with Crippen LogP contribution in [0.4, 0.5) is 4.79 Å². The van der Waals surface area contributed by atoms with Crippen LogP contribution in [-0.4, -0.2) is 77.8 Å². The number of alkyl halides is 1. The smallest absolute Gasteiger partial charge is 0.407 e. The Labute approximate surface area is 241 Å². The van der Waals surface area contributed by atoms with E-state index in [9.17, 15) is 24.0 Å². The molecule has 12 heteroatoms. The summed E-state index contributed by atoms with van der Waals surface area (Å²) in [7, 11) is 0. The van der Waals surface area contributed by atoms with Crippen molar-refractivity contribution in [3.05, 3.63) is 71.8 Å². The Morgan fingerprint density at radius 3 is 2.23 bits per heavy atom. The summed E-state index contributed by atoms with van der Waals surface area (Å²) in [6, 6.07) is 16.3. The first-order chi connectivity index (χ1) is 19.3. The second-order valence-corrected chi connectivity index (χ2v) is 10.2. The Kier molecular flexibility index (Phi) is 11.9. The molecule has 1 saturated heterocycles. The number of halogens is 1. The molecule has 1 unspecified atom stereocenters. The van der Waals surface area contributed by atoms with E-state index in [2.05, 4.69) is 31.9 Å². The molecule has 214 valence electrons. The minimum Gasteiger partial charge on any atom is -0.465 e. The number of carbonyl (C=O) groups is 5. The minimum absolute atomic E-state index is 0.0473. The van der Waals surface area contributed by atoms with Crippen LogP contribution in [0.25, 0.3) is 0 Å². The van der Waals surface area contributed by atoms with Crippen molar-refractivity contribution in [2.45, 2.75) is 43.3 Å². The van der Waals surface area contributed by atoms with Gasteiger partial charge in [-0.1, -0.05) is 76.6 Å². The average Bonchev–Trinajstić information content (AvgIpc) is 3.35. The summed E-state index contributed by atoms with van der Waals surface area (Å²) in [5.41, 5.74) is 1.60. The summed E-state index contributed by atoms with van der Waals surface area (Å²) in [6.07, 6.45) is -0.0981. The van der Waals surface area contributed by atoms with Crippen molar-refractivity contribution in [2.75, 3.05) is 26.2 Å². The lowest BCUT2D eigenvalue weighted by Gasteiger charge is -2.29. The maximum atomic E-state index is 13.7. The highest BCUT2D eigenvalue weighted by Crippen LogP contribution is 2.26. The summed E-state index contributed by atoms with van der Waals surface area (Å²) in [5.74, 6) is -2.14. The maximum absolute atomic E-state index is 13.7. The second kappa shape index (κ2) is 15.6. The molecular weight excluding hydrogens is 584 g/mol. The summed E-state index contributed by atoms with van der Waals surface area (Å²) in [5, 5.41) is 7.60. The predicted molar refractivity (Wildman–Crippen MR) is 149 cm³/mol. The van der Waals surface area contributed by atoms with E-state index >= 15 is 0 Å². The van der Waals surface area contributed by atoms with E-state index < -0.39 is 48.4 Å². The molecule has 0 radical (unpaired) electrons. The quantitative estimate of drug-likeness (QED) is 0.243. The number of nitrogens with one attached hydrogen (secondary N) is 3. The zero-order chi connectivity index (χ0) is 28.9. The Bertz CT molecular complexity index is 1170. The standard InChI is InChI=1S/C28H33BrN4O7/c1-2-39-24(35)17-30-26(36)25-21(29)13-14-33(25)27(37)22(15-19-9-5-3-6-10-19)32-23(34)16-31-28(38)40-18-20-11-7-4-8-12-20/h3-12,21-22,25H,2,13-18H2,1H3,(H,30,36)(H,31,38)(H,32,34)/t21?,22-,25-/m0/s1. The van der Waals surface area contributed by atoms with Gasteiger partial charge in [0, 0.05) is 17.8 Å². The number of likely N-dealkylation sites (tertiary alicyclic amines) is 1. The van der Waals surface area contributed by atoms with Gasteiger partial charge in [0.15, 0.2) is 0 Å². The zero-order valence-electron chi connectivity index (χ0n) is 22.1. The van der Waals surface area contributed by atoms with E-state index in [0.717, 1.165) is 11.1 Å². The number of carbonyl (C=O) groups excluding carboxylic acids is 5. The largest absolute Gasteiger partial charge is 0.465 e. The Morgan fingerprint density at radius 1 is 0.925 bits per heavy atom. The molecule has 4 amide bonds. The van der Waals surface area contributed by atoms with Crippen molar-refractivity contribution in [1.29, 1.82) is 0 Å². The van der Waals surface area contributed by atoms with Gasteiger partial charge in [0.05, 0.1) is 6.61 Å². The van der Waals surface area contributed by atoms with E-state index in [-0.39, 0.29) is 37.6 Å². The molecule has 0 aromatic heterocycles. The lowest BCUT2D eigenvalue weighted by molar-refractivity contribution is -0.145. The van der Waals surface area contributed by atoms with Gasteiger partial charge in [-0.15, -0.1) is 0 Å². The van der Waals surface area contributed by atoms with Crippen molar-refractivity contribution >= 4 is 45.7 Å². The van der Waals surface area contributed by atoms with E-state index in [1.54, 1.807) is 19.1 Å². The molecule has 2 aromatic carbocycles. The van der Waals surface area contributed by atoms with Crippen LogP contribution >= 0.6 is 15.9 Å². The molecule has 1 aliphatic rings. The first kappa shape index (κ1) is 30.6. The number of amides is 4. The SMILES string of the molecule is CCOC(=O)CNC(=O)[C@@H]1C(Br)CCN1C(=O)[C@H](Cc1ccccc1)NC(=O)CNC(=O)OCc1ccccc1. The Morgan fingerprint density at radius 2 is 1.57 bits per heavy atom. The molecular formula is C28H33BrN4O7. The molecule has 3 rings (SSSR count). The van der Waals surface area contributed by atoms with Crippen molar-refractivity contribution < 1.29 is 33.4 Å². The van der Waals surface area contributed by atoms with Crippen LogP contribution in [0, 0.1) is 0 Å². The third-order valence-electron chi connectivity index (χ3n) is 6.11. The van der Waals surface area contributed by atoms with Gasteiger partial charge < -0.3 is 30.3 Å². The van der Waals surface area contributed by atoms with E-state index in [4.69, 9.17) is 9.47 Å². The highest BCUT2D eigenvalue weighted by Gasteiger charge is 2.43. The van der Waals surface area contributed by atoms with Gasteiger partial charge >= 0.3 is 12.1 Å². The topological polar surface area (TPSA) is 143 Å². The summed E-state index contributed by atoms with van der Waals surface area (Å²) >= 11 is 3.47. The number of esters is 1.